The van der Waals surface area contributed by atoms with Crippen LogP contribution in [0, 0.1) is 0 Å². The molecule has 3 heteroatoms. The zero-order valence-electron chi connectivity index (χ0n) is 9.06. The summed E-state index contributed by atoms with van der Waals surface area (Å²) in [4.78, 5) is 1.29. The molecule has 0 spiro atoms. The molecule has 1 heterocycles. The van der Waals surface area contributed by atoms with Gasteiger partial charge in [-0.15, -0.1) is 11.8 Å². The van der Waals surface area contributed by atoms with Crippen LogP contribution in [0.4, 0.5) is 0 Å². The lowest BCUT2D eigenvalue weighted by molar-refractivity contribution is -0.671. The van der Waals surface area contributed by atoms with Crippen molar-refractivity contribution in [3.05, 3.63) is 59.4 Å². The predicted octanol–water partition coefficient (Wildman–Crippen LogP) is 3.46. The summed E-state index contributed by atoms with van der Waals surface area (Å²) in [5.74, 6) is 0.977. The fourth-order valence-electron chi connectivity index (χ4n) is 1.33. The molecule has 0 saturated heterocycles. The van der Waals surface area contributed by atoms with Crippen LogP contribution in [0.1, 0.15) is 5.56 Å². The molecule has 16 heavy (non-hydrogen) atoms. The van der Waals surface area contributed by atoms with Crippen LogP contribution in [0.2, 0.25) is 5.02 Å². The van der Waals surface area contributed by atoms with Gasteiger partial charge in [-0.05, 0) is 17.7 Å². The largest absolute Gasteiger partial charge is 0.208 e. The van der Waals surface area contributed by atoms with Gasteiger partial charge in [0, 0.05) is 27.8 Å². The third-order valence-electron chi connectivity index (χ3n) is 2.27. The van der Waals surface area contributed by atoms with Crippen LogP contribution in [0.25, 0.3) is 0 Å². The first kappa shape index (κ1) is 11.5. The van der Waals surface area contributed by atoms with Gasteiger partial charge in [0.2, 0.25) is 0 Å². The Morgan fingerprint density at radius 3 is 2.31 bits per heavy atom. The van der Waals surface area contributed by atoms with Gasteiger partial charge in [0.25, 0.3) is 0 Å². The van der Waals surface area contributed by atoms with E-state index in [2.05, 4.69) is 36.7 Å². The molecule has 0 unspecified atom stereocenters. The Morgan fingerprint density at radius 2 is 1.69 bits per heavy atom. The third-order valence-corrected chi connectivity index (χ3v) is 3.60. The van der Waals surface area contributed by atoms with Gasteiger partial charge in [0.15, 0.2) is 12.4 Å². The summed E-state index contributed by atoms with van der Waals surface area (Å²) in [6.45, 7) is 0. The maximum Gasteiger partial charge on any atom is 0.169 e. The van der Waals surface area contributed by atoms with Crippen molar-refractivity contribution in [3.8, 4) is 0 Å². The predicted molar refractivity (Wildman–Crippen MR) is 68.6 cm³/mol. The first-order chi connectivity index (χ1) is 7.74. The van der Waals surface area contributed by atoms with E-state index in [1.165, 1.54) is 10.5 Å². The number of rotatable bonds is 3. The Balaban J connectivity index is 1.97. The van der Waals surface area contributed by atoms with Crippen molar-refractivity contribution in [2.75, 3.05) is 0 Å². The van der Waals surface area contributed by atoms with Crippen molar-refractivity contribution >= 4 is 23.4 Å². The molecule has 1 aromatic heterocycles. The molecular weight excluding hydrogens is 238 g/mol. The molecule has 0 atom stereocenters. The number of thioether (sulfide) groups is 1. The number of hydrogen-bond donors (Lipinski definition) is 0. The normalized spacial score (nSPS) is 10.4. The molecule has 2 aromatic rings. The zero-order valence-corrected chi connectivity index (χ0v) is 10.6. The minimum atomic E-state index is 0.792. The molecule has 0 aliphatic heterocycles. The highest BCUT2D eigenvalue weighted by Gasteiger charge is 1.98. The summed E-state index contributed by atoms with van der Waals surface area (Å²) in [6.07, 6.45) is 4.12. The Morgan fingerprint density at radius 1 is 1.06 bits per heavy atom. The molecule has 82 valence electrons. The third kappa shape index (κ3) is 3.26. The van der Waals surface area contributed by atoms with E-state index in [0.717, 1.165) is 10.8 Å². The van der Waals surface area contributed by atoms with Crippen molar-refractivity contribution < 1.29 is 4.57 Å². The summed E-state index contributed by atoms with van der Waals surface area (Å²) in [7, 11) is 2.02. The van der Waals surface area contributed by atoms with Crippen LogP contribution < -0.4 is 4.57 Å². The molecule has 0 saturated carbocycles. The summed E-state index contributed by atoms with van der Waals surface area (Å²) in [5, 5.41) is 0.792. The molecule has 2 rings (SSSR count). The number of aromatic nitrogens is 1. The summed E-state index contributed by atoms with van der Waals surface area (Å²) in [6, 6.07) is 12.3. The van der Waals surface area contributed by atoms with Crippen molar-refractivity contribution in [1.82, 2.24) is 0 Å². The summed E-state index contributed by atoms with van der Waals surface area (Å²) in [5.41, 5.74) is 1.29. The Bertz CT molecular complexity index is 405. The second kappa shape index (κ2) is 5.37. The Kier molecular flexibility index (Phi) is 3.86. The van der Waals surface area contributed by atoms with E-state index in [4.69, 9.17) is 11.6 Å². The van der Waals surface area contributed by atoms with E-state index in [-0.39, 0.29) is 0 Å². The first-order valence-electron chi connectivity index (χ1n) is 5.06. The Labute approximate surface area is 105 Å². The van der Waals surface area contributed by atoms with Gasteiger partial charge in [0.05, 0.1) is 0 Å². The van der Waals surface area contributed by atoms with Crippen LogP contribution >= 0.6 is 23.4 Å². The maximum atomic E-state index is 5.84. The van der Waals surface area contributed by atoms with Gasteiger partial charge < -0.3 is 0 Å². The monoisotopic (exact) mass is 250 g/mol. The number of benzene rings is 1. The maximum absolute atomic E-state index is 5.84. The highest BCUT2D eigenvalue weighted by Crippen LogP contribution is 2.22. The number of hydrogen-bond acceptors (Lipinski definition) is 1. The molecule has 0 aliphatic carbocycles. The van der Waals surface area contributed by atoms with Gasteiger partial charge in [0.1, 0.15) is 7.05 Å². The molecule has 0 amide bonds. The van der Waals surface area contributed by atoms with Crippen LogP contribution in [0.15, 0.2) is 53.7 Å². The van der Waals surface area contributed by atoms with Crippen LogP contribution in [0.5, 0.6) is 0 Å². The summed E-state index contributed by atoms with van der Waals surface area (Å²) >= 11 is 7.67. The van der Waals surface area contributed by atoms with Gasteiger partial charge >= 0.3 is 0 Å². The zero-order chi connectivity index (χ0) is 11.4. The molecule has 1 nitrogen and oxygen atoms in total. The lowest BCUT2D eigenvalue weighted by Crippen LogP contribution is -2.25. The van der Waals surface area contributed by atoms with Crippen molar-refractivity contribution in [2.24, 2.45) is 7.05 Å². The Hall–Kier alpha value is -0.990. The fraction of sp³-hybridized carbons (Fsp3) is 0.154. The van der Waals surface area contributed by atoms with Crippen LogP contribution in [-0.2, 0) is 12.8 Å². The number of pyridine rings is 1. The van der Waals surface area contributed by atoms with Gasteiger partial charge in [-0.1, -0.05) is 23.7 Å². The molecule has 0 aliphatic rings. The quantitative estimate of drug-likeness (QED) is 0.596. The SMILES string of the molecule is C[n+]1ccc(SCc2ccc(Cl)cc2)cc1. The van der Waals surface area contributed by atoms with Crippen LogP contribution in [-0.4, -0.2) is 0 Å². The first-order valence-corrected chi connectivity index (χ1v) is 6.43. The van der Waals surface area contributed by atoms with E-state index in [0.29, 0.717) is 0 Å². The van der Waals surface area contributed by atoms with E-state index in [9.17, 15) is 0 Å². The van der Waals surface area contributed by atoms with Crippen molar-refractivity contribution in [1.29, 1.82) is 0 Å². The molecule has 0 radical (unpaired) electrons. The molecule has 0 bridgehead atoms. The second-order valence-electron chi connectivity index (χ2n) is 3.61. The van der Waals surface area contributed by atoms with Gasteiger partial charge in [-0.3, -0.25) is 0 Å². The smallest absolute Gasteiger partial charge is 0.169 e. The molecular formula is C13H13ClNS+. The lowest BCUT2D eigenvalue weighted by atomic mass is 10.2. The van der Waals surface area contributed by atoms with E-state index in [1.807, 2.05) is 35.5 Å². The topological polar surface area (TPSA) is 3.88 Å². The van der Waals surface area contributed by atoms with E-state index >= 15 is 0 Å². The average molecular weight is 251 g/mol. The highest BCUT2D eigenvalue weighted by molar-refractivity contribution is 7.98. The molecule has 0 fully saturated rings. The average Bonchev–Trinajstić information content (AvgIpc) is 2.30. The second-order valence-corrected chi connectivity index (χ2v) is 5.10. The molecule has 0 N–H and O–H groups in total. The van der Waals surface area contributed by atoms with Gasteiger partial charge in [-0.2, -0.15) is 0 Å². The number of halogens is 1. The standard InChI is InChI=1S/C13H13ClNS/c1-15-8-6-13(7-9-15)16-10-11-2-4-12(14)5-3-11/h2-9H,10H2,1H3/q+1. The highest BCUT2D eigenvalue weighted by atomic mass is 35.5. The van der Waals surface area contributed by atoms with Crippen molar-refractivity contribution in [2.45, 2.75) is 10.6 Å². The van der Waals surface area contributed by atoms with Crippen molar-refractivity contribution in [3.63, 3.8) is 0 Å². The van der Waals surface area contributed by atoms with E-state index < -0.39 is 0 Å². The lowest BCUT2D eigenvalue weighted by Gasteiger charge is -2.01. The molecule has 1 aromatic carbocycles. The van der Waals surface area contributed by atoms with Crippen LogP contribution in [0.3, 0.4) is 0 Å². The summed E-state index contributed by atoms with van der Waals surface area (Å²) < 4.78 is 2.03. The minimum absolute atomic E-state index is 0.792. The van der Waals surface area contributed by atoms with Gasteiger partial charge in [-0.25, -0.2) is 4.57 Å². The number of aryl methyl sites for hydroxylation is 1. The van der Waals surface area contributed by atoms with E-state index in [1.54, 1.807) is 0 Å². The fourth-order valence-corrected chi connectivity index (χ4v) is 2.30. The minimum Gasteiger partial charge on any atom is -0.208 e. The number of nitrogens with zero attached hydrogens (tertiary/aromatic N) is 1.